The maximum absolute atomic E-state index is 14.0. The normalized spacial score (nSPS) is 19.1. The summed E-state index contributed by atoms with van der Waals surface area (Å²) in [4.78, 5) is 29.9. The van der Waals surface area contributed by atoms with Crippen LogP contribution in [-0.4, -0.2) is 41.3 Å². The van der Waals surface area contributed by atoms with Gasteiger partial charge in [0.05, 0.1) is 0 Å². The molecule has 1 saturated carbocycles. The molecule has 1 atom stereocenters. The van der Waals surface area contributed by atoms with Crippen LogP contribution < -0.4 is 5.32 Å². The molecule has 1 aliphatic heterocycles. The number of likely N-dealkylation sites (tertiary alicyclic amines) is 1. The fourth-order valence-electron chi connectivity index (χ4n) is 5.09. The van der Waals surface area contributed by atoms with Gasteiger partial charge in [-0.1, -0.05) is 18.2 Å². The second-order valence-electron chi connectivity index (χ2n) is 9.03. The van der Waals surface area contributed by atoms with E-state index in [2.05, 4.69) is 16.4 Å². The number of aromatic nitrogens is 1. The van der Waals surface area contributed by atoms with Crippen molar-refractivity contribution in [3.8, 4) is 0 Å². The topological polar surface area (TPSA) is 65.2 Å². The number of nitrogens with zero attached hydrogens (tertiary/aromatic N) is 1. The average Bonchev–Trinajstić information content (AvgIpc) is 3.36. The Morgan fingerprint density at radius 1 is 1.06 bits per heavy atom. The predicted molar refractivity (Wildman–Crippen MR) is 117 cm³/mol. The van der Waals surface area contributed by atoms with E-state index in [0.717, 1.165) is 35.4 Å². The fraction of sp³-hybridized carbons (Fsp3) is 0.360. The number of piperidine rings is 1. The number of fused-ring (bicyclic) bond motifs is 1. The first-order chi connectivity index (χ1) is 15.9. The first-order valence-electron chi connectivity index (χ1n) is 11.2. The van der Waals surface area contributed by atoms with Gasteiger partial charge in [-0.2, -0.15) is 0 Å². The van der Waals surface area contributed by atoms with E-state index < -0.39 is 28.9 Å². The van der Waals surface area contributed by atoms with Crippen molar-refractivity contribution in [1.82, 2.24) is 15.2 Å². The summed E-state index contributed by atoms with van der Waals surface area (Å²) in [5.41, 5.74) is 1.20. The lowest BCUT2D eigenvalue weighted by Crippen LogP contribution is -2.41. The van der Waals surface area contributed by atoms with Gasteiger partial charge in [0.25, 0.3) is 5.91 Å². The highest BCUT2D eigenvalue weighted by atomic mass is 19.2. The van der Waals surface area contributed by atoms with Crippen LogP contribution in [0, 0.1) is 28.8 Å². The molecule has 1 unspecified atom stereocenters. The lowest BCUT2D eigenvalue weighted by molar-refractivity contribution is -0.123. The third-order valence-electron chi connectivity index (χ3n) is 7.18. The van der Waals surface area contributed by atoms with Crippen LogP contribution in [-0.2, 0) is 11.2 Å². The molecule has 8 heteroatoms. The van der Waals surface area contributed by atoms with Crippen molar-refractivity contribution in [2.45, 2.75) is 25.7 Å². The van der Waals surface area contributed by atoms with Crippen LogP contribution in [0.1, 0.15) is 35.2 Å². The zero-order chi connectivity index (χ0) is 23.2. The van der Waals surface area contributed by atoms with Crippen molar-refractivity contribution < 1.29 is 22.8 Å². The van der Waals surface area contributed by atoms with Crippen LogP contribution in [0.2, 0.25) is 0 Å². The number of benzene rings is 2. The molecule has 0 bridgehead atoms. The monoisotopic (exact) mass is 455 g/mol. The number of hydrogen-bond donors (Lipinski definition) is 2. The van der Waals surface area contributed by atoms with Crippen molar-refractivity contribution in [1.29, 1.82) is 0 Å². The number of amides is 2. The minimum atomic E-state index is -1.46. The standard InChI is InChI=1S/C25H24F3N3O2/c26-18-5-6-19(27)22(28)21(18)24(33)31-11-8-25(9-12-31)13-17(25)23(32)29-10-7-15-14-30-20-4-2-1-3-16(15)20/h1-6,14,17,30H,7-13H2,(H,29,32). The summed E-state index contributed by atoms with van der Waals surface area (Å²) in [7, 11) is 0. The molecule has 2 fully saturated rings. The van der Waals surface area contributed by atoms with Gasteiger partial charge in [-0.3, -0.25) is 9.59 Å². The van der Waals surface area contributed by atoms with E-state index in [0.29, 0.717) is 25.5 Å². The van der Waals surface area contributed by atoms with Crippen molar-refractivity contribution >= 4 is 22.7 Å². The highest BCUT2D eigenvalue weighted by Crippen LogP contribution is 2.59. The number of halogens is 3. The molecule has 1 aromatic heterocycles. The molecular weight excluding hydrogens is 431 g/mol. The summed E-state index contributed by atoms with van der Waals surface area (Å²) >= 11 is 0. The summed E-state index contributed by atoms with van der Waals surface area (Å²) < 4.78 is 41.4. The summed E-state index contributed by atoms with van der Waals surface area (Å²) in [6.07, 6.45) is 4.60. The number of hydrogen-bond acceptors (Lipinski definition) is 2. The minimum absolute atomic E-state index is 0.0110. The zero-order valence-electron chi connectivity index (χ0n) is 18.0. The molecule has 1 saturated heterocycles. The summed E-state index contributed by atoms with van der Waals surface area (Å²) in [6, 6.07) is 9.45. The summed E-state index contributed by atoms with van der Waals surface area (Å²) in [6.45, 7) is 1.11. The maximum Gasteiger partial charge on any atom is 0.259 e. The number of carbonyl (C=O) groups is 2. The van der Waals surface area contributed by atoms with Crippen LogP contribution in [0.4, 0.5) is 13.2 Å². The SMILES string of the molecule is O=C(NCCc1c[nH]c2ccccc12)C1CC12CCN(C(=O)c1c(F)ccc(F)c1F)CC2. The molecule has 1 aliphatic carbocycles. The molecular formula is C25H24F3N3O2. The first kappa shape index (κ1) is 21.6. The zero-order valence-corrected chi connectivity index (χ0v) is 18.0. The largest absolute Gasteiger partial charge is 0.361 e. The smallest absolute Gasteiger partial charge is 0.259 e. The molecule has 3 aromatic rings. The maximum atomic E-state index is 14.0. The Labute approximate surface area is 189 Å². The van der Waals surface area contributed by atoms with Gasteiger partial charge in [0.2, 0.25) is 5.91 Å². The fourth-order valence-corrected chi connectivity index (χ4v) is 5.09. The van der Waals surface area contributed by atoms with E-state index in [9.17, 15) is 22.8 Å². The Bertz CT molecular complexity index is 1230. The Morgan fingerprint density at radius 2 is 1.79 bits per heavy atom. The molecule has 5 rings (SSSR count). The van der Waals surface area contributed by atoms with Crippen molar-refractivity contribution in [2.24, 2.45) is 11.3 Å². The lowest BCUT2D eigenvalue weighted by Gasteiger charge is -2.33. The van der Waals surface area contributed by atoms with Gasteiger partial charge < -0.3 is 15.2 Å². The molecule has 33 heavy (non-hydrogen) atoms. The van der Waals surface area contributed by atoms with E-state index in [1.54, 1.807) is 0 Å². The van der Waals surface area contributed by atoms with Gasteiger partial charge in [-0.25, -0.2) is 13.2 Å². The molecule has 2 aliphatic rings. The van der Waals surface area contributed by atoms with Crippen LogP contribution in [0.15, 0.2) is 42.6 Å². The highest BCUT2D eigenvalue weighted by Gasteiger charge is 2.58. The Morgan fingerprint density at radius 3 is 2.58 bits per heavy atom. The number of nitrogens with one attached hydrogen (secondary N) is 2. The second kappa shape index (κ2) is 8.24. The molecule has 2 aromatic carbocycles. The number of aromatic amines is 1. The lowest BCUT2D eigenvalue weighted by atomic mass is 9.90. The highest BCUT2D eigenvalue weighted by molar-refractivity contribution is 5.95. The average molecular weight is 455 g/mol. The number of rotatable bonds is 5. The molecule has 5 nitrogen and oxygen atoms in total. The number of carbonyl (C=O) groups excluding carboxylic acids is 2. The van der Waals surface area contributed by atoms with E-state index in [1.165, 1.54) is 4.90 Å². The minimum Gasteiger partial charge on any atom is -0.361 e. The van der Waals surface area contributed by atoms with E-state index in [1.807, 2.05) is 24.4 Å². The number of H-pyrrole nitrogens is 1. The van der Waals surface area contributed by atoms with Crippen LogP contribution in [0.5, 0.6) is 0 Å². The third kappa shape index (κ3) is 3.87. The van der Waals surface area contributed by atoms with E-state index in [4.69, 9.17) is 0 Å². The molecule has 2 heterocycles. The quantitative estimate of drug-likeness (QED) is 0.567. The van der Waals surface area contributed by atoms with Gasteiger partial charge in [-0.15, -0.1) is 0 Å². The van der Waals surface area contributed by atoms with Gasteiger partial charge in [0, 0.05) is 42.7 Å². The predicted octanol–water partition coefficient (Wildman–Crippen LogP) is 4.19. The molecule has 172 valence electrons. The van der Waals surface area contributed by atoms with Crippen LogP contribution in [0.3, 0.4) is 0 Å². The molecule has 2 N–H and O–H groups in total. The van der Waals surface area contributed by atoms with Gasteiger partial charge >= 0.3 is 0 Å². The molecule has 2 amide bonds. The van der Waals surface area contributed by atoms with E-state index in [-0.39, 0.29) is 30.3 Å². The van der Waals surface area contributed by atoms with Crippen molar-refractivity contribution in [2.75, 3.05) is 19.6 Å². The first-order valence-corrected chi connectivity index (χ1v) is 11.2. The second-order valence-corrected chi connectivity index (χ2v) is 9.03. The molecule has 1 spiro atoms. The Hall–Kier alpha value is -3.29. The van der Waals surface area contributed by atoms with Gasteiger partial charge in [0.1, 0.15) is 11.4 Å². The van der Waals surface area contributed by atoms with Crippen LogP contribution in [0.25, 0.3) is 10.9 Å². The number of para-hydroxylation sites is 1. The van der Waals surface area contributed by atoms with Gasteiger partial charge in [0.15, 0.2) is 11.6 Å². The van der Waals surface area contributed by atoms with Crippen molar-refractivity contribution in [3.63, 3.8) is 0 Å². The van der Waals surface area contributed by atoms with Gasteiger partial charge in [-0.05, 0) is 54.9 Å². The van der Waals surface area contributed by atoms with E-state index >= 15 is 0 Å². The summed E-state index contributed by atoms with van der Waals surface area (Å²) in [5.74, 6) is -4.73. The van der Waals surface area contributed by atoms with Crippen LogP contribution >= 0.6 is 0 Å². The summed E-state index contributed by atoms with van der Waals surface area (Å²) in [5, 5.41) is 4.18. The Balaban J connectivity index is 1.14. The van der Waals surface area contributed by atoms with Crippen molar-refractivity contribution in [3.05, 3.63) is 71.2 Å². The Kier molecular flexibility index (Phi) is 5.38. The molecule has 0 radical (unpaired) electrons. The third-order valence-corrected chi connectivity index (χ3v) is 7.18.